The molecule has 0 unspecified atom stereocenters. The van der Waals surface area contributed by atoms with Crippen LogP contribution < -0.4 is 0 Å². The Hall–Kier alpha value is -1.48. The molecule has 0 saturated carbocycles. The van der Waals surface area contributed by atoms with E-state index in [2.05, 4.69) is 15.1 Å². The minimum Gasteiger partial charge on any atom is -0.273 e. The quantitative estimate of drug-likeness (QED) is 0.343. The lowest BCUT2D eigenvalue weighted by atomic mass is 10.4. The molecular formula is C5H7N5. The Kier molecular flexibility index (Phi) is 1.92. The van der Waals surface area contributed by atoms with Crippen molar-refractivity contribution in [3.8, 4) is 0 Å². The molecule has 1 rings (SSSR count). The van der Waals surface area contributed by atoms with Gasteiger partial charge in [-0.2, -0.15) is 5.10 Å². The molecule has 1 aromatic heterocycles. The van der Waals surface area contributed by atoms with Crippen LogP contribution in [0.3, 0.4) is 0 Å². The zero-order valence-electron chi connectivity index (χ0n) is 5.60. The average molecular weight is 137 g/mol. The van der Waals surface area contributed by atoms with Crippen molar-refractivity contribution in [3.05, 3.63) is 28.4 Å². The summed E-state index contributed by atoms with van der Waals surface area (Å²) in [7, 11) is 1.81. The van der Waals surface area contributed by atoms with Crippen molar-refractivity contribution in [2.24, 2.45) is 12.2 Å². The van der Waals surface area contributed by atoms with Gasteiger partial charge in [-0.15, -0.1) is 0 Å². The second kappa shape index (κ2) is 2.89. The van der Waals surface area contributed by atoms with E-state index in [1.807, 2.05) is 13.1 Å². The average Bonchev–Trinajstić information content (AvgIpc) is 2.31. The number of rotatable bonds is 2. The van der Waals surface area contributed by atoms with Crippen molar-refractivity contribution in [2.75, 3.05) is 0 Å². The van der Waals surface area contributed by atoms with Gasteiger partial charge in [-0.05, 0) is 11.6 Å². The van der Waals surface area contributed by atoms with E-state index in [4.69, 9.17) is 5.53 Å². The van der Waals surface area contributed by atoms with E-state index in [-0.39, 0.29) is 0 Å². The summed E-state index contributed by atoms with van der Waals surface area (Å²) < 4.78 is 1.68. The lowest BCUT2D eigenvalue weighted by molar-refractivity contribution is 0.711. The predicted octanol–water partition coefficient (Wildman–Crippen LogP) is 1.23. The first-order valence-electron chi connectivity index (χ1n) is 2.82. The van der Waals surface area contributed by atoms with Crippen molar-refractivity contribution in [1.29, 1.82) is 0 Å². The van der Waals surface area contributed by atoms with Crippen molar-refractivity contribution in [1.82, 2.24) is 9.78 Å². The van der Waals surface area contributed by atoms with Gasteiger partial charge in [0.05, 0.1) is 6.54 Å². The molecule has 0 atom stereocenters. The van der Waals surface area contributed by atoms with E-state index < -0.39 is 0 Å². The van der Waals surface area contributed by atoms with Crippen LogP contribution in [0.25, 0.3) is 10.4 Å². The van der Waals surface area contributed by atoms with Gasteiger partial charge in [0.25, 0.3) is 0 Å². The summed E-state index contributed by atoms with van der Waals surface area (Å²) in [5.41, 5.74) is 8.90. The second-order valence-electron chi connectivity index (χ2n) is 1.84. The molecule has 1 aromatic rings. The van der Waals surface area contributed by atoms with Crippen molar-refractivity contribution in [2.45, 2.75) is 6.54 Å². The standard InChI is InChI=1S/C5H7N5/c1-10-5(2-3-8-10)4-7-9-6/h2-3H,4H2,1H3. The fraction of sp³-hybridized carbons (Fsp3) is 0.400. The number of aromatic nitrogens is 2. The van der Waals surface area contributed by atoms with Crippen LogP contribution in [0.4, 0.5) is 0 Å². The van der Waals surface area contributed by atoms with Crippen LogP contribution in [0.2, 0.25) is 0 Å². The second-order valence-corrected chi connectivity index (χ2v) is 1.84. The smallest absolute Gasteiger partial charge is 0.0681 e. The highest BCUT2D eigenvalue weighted by Crippen LogP contribution is 1.97. The molecule has 1 heterocycles. The summed E-state index contributed by atoms with van der Waals surface area (Å²) in [6.07, 6.45) is 1.67. The SMILES string of the molecule is Cn1nccc1CN=[N+]=[N-]. The molecule has 0 bridgehead atoms. The minimum atomic E-state index is 0.368. The molecule has 0 aliphatic carbocycles. The van der Waals surface area contributed by atoms with Crippen LogP contribution in [0, 0.1) is 0 Å². The molecule has 0 fully saturated rings. The van der Waals surface area contributed by atoms with Crippen molar-refractivity contribution in [3.63, 3.8) is 0 Å². The number of azide groups is 1. The molecule has 0 aliphatic rings. The van der Waals surface area contributed by atoms with Crippen LogP contribution >= 0.6 is 0 Å². The third-order valence-electron chi connectivity index (χ3n) is 1.22. The monoisotopic (exact) mass is 137 g/mol. The molecule has 0 N–H and O–H groups in total. The third kappa shape index (κ3) is 1.27. The fourth-order valence-corrected chi connectivity index (χ4v) is 0.661. The number of hydrogen-bond acceptors (Lipinski definition) is 2. The van der Waals surface area contributed by atoms with Gasteiger partial charge in [-0.25, -0.2) is 0 Å². The van der Waals surface area contributed by atoms with Crippen LogP contribution in [0.5, 0.6) is 0 Å². The minimum absolute atomic E-state index is 0.368. The molecule has 10 heavy (non-hydrogen) atoms. The lowest BCUT2D eigenvalue weighted by Gasteiger charge is -1.93. The van der Waals surface area contributed by atoms with E-state index in [1.165, 1.54) is 0 Å². The normalized spacial score (nSPS) is 8.90. The Morgan fingerprint density at radius 2 is 2.70 bits per heavy atom. The summed E-state index contributed by atoms with van der Waals surface area (Å²) in [5, 5.41) is 7.30. The van der Waals surface area contributed by atoms with Crippen LogP contribution in [0.1, 0.15) is 5.69 Å². The molecule has 0 amide bonds. The van der Waals surface area contributed by atoms with E-state index in [0.717, 1.165) is 5.69 Å². The van der Waals surface area contributed by atoms with Crippen molar-refractivity contribution >= 4 is 0 Å². The van der Waals surface area contributed by atoms with E-state index in [0.29, 0.717) is 6.54 Å². The van der Waals surface area contributed by atoms with Gasteiger partial charge in [-0.1, -0.05) is 5.11 Å². The summed E-state index contributed by atoms with van der Waals surface area (Å²) in [6, 6.07) is 1.81. The number of nitrogens with zero attached hydrogens (tertiary/aromatic N) is 5. The molecule has 0 aliphatic heterocycles. The molecule has 52 valence electrons. The Balaban J connectivity index is 2.74. The molecule has 0 spiro atoms. The Morgan fingerprint density at radius 1 is 1.90 bits per heavy atom. The maximum absolute atomic E-state index is 7.98. The largest absolute Gasteiger partial charge is 0.273 e. The Morgan fingerprint density at radius 3 is 3.20 bits per heavy atom. The topological polar surface area (TPSA) is 66.6 Å². The van der Waals surface area contributed by atoms with E-state index in [9.17, 15) is 0 Å². The van der Waals surface area contributed by atoms with Crippen LogP contribution in [0.15, 0.2) is 17.4 Å². The van der Waals surface area contributed by atoms with E-state index in [1.54, 1.807) is 10.9 Å². The van der Waals surface area contributed by atoms with Gasteiger partial charge in [0.1, 0.15) is 0 Å². The zero-order chi connectivity index (χ0) is 7.40. The van der Waals surface area contributed by atoms with Gasteiger partial charge in [0, 0.05) is 23.9 Å². The predicted molar refractivity (Wildman–Crippen MR) is 36.1 cm³/mol. The van der Waals surface area contributed by atoms with Gasteiger partial charge in [-0.3, -0.25) is 4.68 Å². The molecular weight excluding hydrogens is 130 g/mol. The highest BCUT2D eigenvalue weighted by molar-refractivity contribution is 4.98. The van der Waals surface area contributed by atoms with Gasteiger partial charge < -0.3 is 0 Å². The molecule has 0 saturated heterocycles. The summed E-state index contributed by atoms with van der Waals surface area (Å²) >= 11 is 0. The summed E-state index contributed by atoms with van der Waals surface area (Å²) in [5.74, 6) is 0. The van der Waals surface area contributed by atoms with Crippen LogP contribution in [-0.2, 0) is 13.6 Å². The summed E-state index contributed by atoms with van der Waals surface area (Å²) in [6.45, 7) is 0.368. The number of aryl methyl sites for hydroxylation is 1. The first-order chi connectivity index (χ1) is 4.84. The number of hydrogen-bond donors (Lipinski definition) is 0. The third-order valence-corrected chi connectivity index (χ3v) is 1.22. The maximum atomic E-state index is 7.98. The summed E-state index contributed by atoms with van der Waals surface area (Å²) in [4.78, 5) is 2.64. The van der Waals surface area contributed by atoms with Gasteiger partial charge >= 0.3 is 0 Å². The van der Waals surface area contributed by atoms with Gasteiger partial charge in [0.15, 0.2) is 0 Å². The first kappa shape index (κ1) is 6.64. The Bertz CT molecular complexity index is 257. The highest BCUT2D eigenvalue weighted by atomic mass is 15.3. The van der Waals surface area contributed by atoms with Gasteiger partial charge in [0.2, 0.25) is 0 Å². The molecule has 0 radical (unpaired) electrons. The molecule has 5 nitrogen and oxygen atoms in total. The molecule has 0 aromatic carbocycles. The zero-order valence-corrected chi connectivity index (χ0v) is 5.60. The van der Waals surface area contributed by atoms with E-state index >= 15 is 0 Å². The Labute approximate surface area is 57.9 Å². The van der Waals surface area contributed by atoms with Crippen LogP contribution in [-0.4, -0.2) is 9.78 Å². The fourth-order valence-electron chi connectivity index (χ4n) is 0.661. The maximum Gasteiger partial charge on any atom is 0.0681 e. The van der Waals surface area contributed by atoms with Crippen molar-refractivity contribution < 1.29 is 0 Å². The molecule has 5 heteroatoms. The highest BCUT2D eigenvalue weighted by Gasteiger charge is 1.93. The first-order valence-corrected chi connectivity index (χ1v) is 2.82. The lowest BCUT2D eigenvalue weighted by Crippen LogP contribution is -1.95.